The summed E-state index contributed by atoms with van der Waals surface area (Å²) in [6.45, 7) is 2.93. The number of hydrogen-bond donors (Lipinski definition) is 2. The first-order chi connectivity index (χ1) is 16.1. The van der Waals surface area contributed by atoms with Gasteiger partial charge in [0.25, 0.3) is 11.8 Å². The van der Waals surface area contributed by atoms with E-state index in [4.69, 9.17) is 16.3 Å². The van der Waals surface area contributed by atoms with Crippen molar-refractivity contribution in [1.82, 2.24) is 15.6 Å². The Morgan fingerprint density at radius 3 is 2.61 bits per heavy atom. The van der Waals surface area contributed by atoms with Crippen molar-refractivity contribution in [3.63, 3.8) is 0 Å². The van der Waals surface area contributed by atoms with Crippen LogP contribution >= 0.6 is 11.6 Å². The summed E-state index contributed by atoms with van der Waals surface area (Å²) < 4.78 is 19.3. The van der Waals surface area contributed by atoms with E-state index in [0.717, 1.165) is 12.8 Å². The van der Waals surface area contributed by atoms with Gasteiger partial charge in [-0.05, 0) is 43.5 Å². The molecule has 33 heavy (non-hydrogen) atoms. The molecule has 1 atom stereocenters. The van der Waals surface area contributed by atoms with Crippen LogP contribution in [0.1, 0.15) is 35.2 Å². The van der Waals surface area contributed by atoms with Crippen molar-refractivity contribution >= 4 is 29.6 Å². The van der Waals surface area contributed by atoms with Crippen LogP contribution in [0.2, 0.25) is 5.02 Å². The SMILES string of the molecule is O=C(NCCCCC(C(=O)NN=Cc1c(F)cccc1Cl)N1CCOCC1)c1ccccc1. The molecule has 2 amide bonds. The van der Waals surface area contributed by atoms with Gasteiger partial charge < -0.3 is 10.1 Å². The topological polar surface area (TPSA) is 83.0 Å². The lowest BCUT2D eigenvalue weighted by Crippen LogP contribution is -2.50. The third kappa shape index (κ3) is 7.63. The molecule has 1 saturated heterocycles. The fourth-order valence-electron chi connectivity index (χ4n) is 3.59. The van der Waals surface area contributed by atoms with Crippen molar-refractivity contribution in [2.45, 2.75) is 25.3 Å². The minimum absolute atomic E-state index is 0.112. The number of morpholine rings is 1. The van der Waals surface area contributed by atoms with E-state index in [0.29, 0.717) is 44.8 Å². The molecular weight excluding hydrogens is 447 g/mol. The van der Waals surface area contributed by atoms with Crippen molar-refractivity contribution in [3.8, 4) is 0 Å². The zero-order valence-electron chi connectivity index (χ0n) is 18.3. The molecule has 7 nitrogen and oxygen atoms in total. The Hall–Kier alpha value is -2.81. The van der Waals surface area contributed by atoms with E-state index in [-0.39, 0.29) is 22.4 Å². The van der Waals surface area contributed by atoms with Crippen LogP contribution in [0.15, 0.2) is 53.6 Å². The third-order valence-corrected chi connectivity index (χ3v) is 5.71. The predicted molar refractivity (Wildman–Crippen MR) is 126 cm³/mol. The Morgan fingerprint density at radius 1 is 1.12 bits per heavy atom. The number of amides is 2. The molecule has 1 unspecified atom stereocenters. The van der Waals surface area contributed by atoms with Crippen molar-refractivity contribution in [3.05, 3.63) is 70.5 Å². The van der Waals surface area contributed by atoms with Crippen LogP contribution in [0.25, 0.3) is 0 Å². The molecule has 2 aromatic rings. The summed E-state index contributed by atoms with van der Waals surface area (Å²) in [5.74, 6) is -0.893. The largest absolute Gasteiger partial charge is 0.379 e. The highest BCUT2D eigenvalue weighted by molar-refractivity contribution is 6.33. The zero-order valence-corrected chi connectivity index (χ0v) is 19.1. The van der Waals surface area contributed by atoms with Gasteiger partial charge in [0.2, 0.25) is 0 Å². The van der Waals surface area contributed by atoms with E-state index >= 15 is 0 Å². The van der Waals surface area contributed by atoms with Crippen LogP contribution in [-0.4, -0.2) is 61.8 Å². The Bertz CT molecular complexity index is 932. The number of ether oxygens (including phenoxy) is 1. The van der Waals surface area contributed by atoms with Gasteiger partial charge in [-0.2, -0.15) is 5.10 Å². The van der Waals surface area contributed by atoms with Crippen molar-refractivity contribution in [1.29, 1.82) is 0 Å². The van der Waals surface area contributed by atoms with E-state index in [9.17, 15) is 14.0 Å². The van der Waals surface area contributed by atoms with Gasteiger partial charge in [-0.3, -0.25) is 14.5 Å². The fourth-order valence-corrected chi connectivity index (χ4v) is 3.81. The van der Waals surface area contributed by atoms with Crippen LogP contribution in [0, 0.1) is 5.82 Å². The maximum absolute atomic E-state index is 13.9. The molecule has 0 aliphatic carbocycles. The second-order valence-corrected chi connectivity index (χ2v) is 8.06. The zero-order chi connectivity index (χ0) is 23.5. The quantitative estimate of drug-likeness (QED) is 0.314. The first kappa shape index (κ1) is 24.8. The lowest BCUT2D eigenvalue weighted by molar-refractivity contribution is -0.128. The first-order valence-electron chi connectivity index (χ1n) is 11.0. The van der Waals surface area contributed by atoms with Gasteiger partial charge in [-0.1, -0.05) is 35.9 Å². The van der Waals surface area contributed by atoms with Crippen LogP contribution in [0.3, 0.4) is 0 Å². The molecule has 0 saturated carbocycles. The molecule has 1 aliphatic rings. The molecule has 0 bridgehead atoms. The Kier molecular flexibility index (Phi) is 9.80. The van der Waals surface area contributed by atoms with Crippen LogP contribution in [0.5, 0.6) is 0 Å². The van der Waals surface area contributed by atoms with Crippen LogP contribution in [0.4, 0.5) is 4.39 Å². The summed E-state index contributed by atoms with van der Waals surface area (Å²) in [5, 5.41) is 7.03. The molecule has 0 aromatic heterocycles. The molecular formula is C24H28ClFN4O3. The normalized spacial score (nSPS) is 15.3. The number of carbonyl (C=O) groups is 2. The number of benzene rings is 2. The van der Waals surface area contributed by atoms with E-state index < -0.39 is 11.9 Å². The highest BCUT2D eigenvalue weighted by Gasteiger charge is 2.27. The molecule has 3 rings (SSSR count). The van der Waals surface area contributed by atoms with E-state index in [1.807, 2.05) is 18.2 Å². The second-order valence-electron chi connectivity index (χ2n) is 7.65. The number of hydrazone groups is 1. The van der Waals surface area contributed by atoms with Gasteiger partial charge in [0.1, 0.15) is 5.82 Å². The molecule has 1 heterocycles. The Balaban J connectivity index is 1.50. The number of rotatable bonds is 10. The van der Waals surface area contributed by atoms with Gasteiger partial charge in [-0.15, -0.1) is 0 Å². The van der Waals surface area contributed by atoms with E-state index in [1.54, 1.807) is 18.2 Å². The third-order valence-electron chi connectivity index (χ3n) is 5.38. The summed E-state index contributed by atoms with van der Waals surface area (Å²) in [4.78, 5) is 27.0. The van der Waals surface area contributed by atoms with Gasteiger partial charge in [0, 0.05) is 30.8 Å². The van der Waals surface area contributed by atoms with Crippen molar-refractivity contribution < 1.29 is 18.7 Å². The van der Waals surface area contributed by atoms with Crippen molar-refractivity contribution in [2.75, 3.05) is 32.8 Å². The van der Waals surface area contributed by atoms with Gasteiger partial charge >= 0.3 is 0 Å². The molecule has 0 radical (unpaired) electrons. The van der Waals surface area contributed by atoms with E-state index in [1.165, 1.54) is 18.3 Å². The smallest absolute Gasteiger partial charge is 0.257 e. The standard InChI is InChI=1S/C24H28ClFN4O3/c25-20-9-6-10-21(26)19(20)17-28-29-24(32)22(30-13-15-33-16-14-30)11-4-5-12-27-23(31)18-7-2-1-3-8-18/h1-3,6-10,17,22H,4-5,11-16H2,(H,27,31)(H,29,32). The maximum atomic E-state index is 13.9. The summed E-state index contributed by atoms with van der Waals surface area (Å²) in [6, 6.07) is 13.0. The number of nitrogens with one attached hydrogen (secondary N) is 2. The lowest BCUT2D eigenvalue weighted by atomic mass is 10.1. The lowest BCUT2D eigenvalue weighted by Gasteiger charge is -2.33. The molecule has 2 aromatic carbocycles. The molecule has 0 spiro atoms. The number of unbranched alkanes of at least 4 members (excludes halogenated alkanes) is 1. The van der Waals surface area contributed by atoms with Gasteiger partial charge in [0.15, 0.2) is 0 Å². The molecule has 1 aliphatic heterocycles. The van der Waals surface area contributed by atoms with Crippen molar-refractivity contribution in [2.24, 2.45) is 5.10 Å². The van der Waals surface area contributed by atoms with Gasteiger partial charge in [0.05, 0.1) is 30.5 Å². The number of hydrogen-bond acceptors (Lipinski definition) is 5. The van der Waals surface area contributed by atoms with E-state index in [2.05, 4.69) is 20.7 Å². The first-order valence-corrected chi connectivity index (χ1v) is 11.4. The van der Waals surface area contributed by atoms with Gasteiger partial charge in [-0.25, -0.2) is 9.82 Å². The maximum Gasteiger partial charge on any atom is 0.257 e. The average Bonchev–Trinajstić information content (AvgIpc) is 2.84. The average molecular weight is 475 g/mol. The highest BCUT2D eigenvalue weighted by atomic mass is 35.5. The Morgan fingerprint density at radius 2 is 1.88 bits per heavy atom. The number of nitrogens with zero attached hydrogens (tertiary/aromatic N) is 2. The minimum Gasteiger partial charge on any atom is -0.379 e. The monoisotopic (exact) mass is 474 g/mol. The van der Waals surface area contributed by atoms with Crippen LogP contribution in [-0.2, 0) is 9.53 Å². The second kappa shape index (κ2) is 13.0. The van der Waals surface area contributed by atoms with Crippen LogP contribution < -0.4 is 10.7 Å². The molecule has 9 heteroatoms. The predicted octanol–water partition coefficient (Wildman–Crippen LogP) is 3.23. The summed E-state index contributed by atoms with van der Waals surface area (Å²) in [7, 11) is 0. The minimum atomic E-state index is -0.511. The summed E-state index contributed by atoms with van der Waals surface area (Å²) in [5.41, 5.74) is 3.26. The molecule has 1 fully saturated rings. The highest BCUT2D eigenvalue weighted by Crippen LogP contribution is 2.17. The fraction of sp³-hybridized carbons (Fsp3) is 0.375. The number of carbonyl (C=O) groups excluding carboxylic acids is 2. The summed E-state index contributed by atoms with van der Waals surface area (Å²) in [6.07, 6.45) is 3.29. The number of halogens is 2. The molecule has 2 N–H and O–H groups in total. The molecule has 176 valence electrons. The summed E-state index contributed by atoms with van der Waals surface area (Å²) >= 11 is 5.99. The Labute approximate surface area is 197 Å².